The maximum Gasteiger partial charge on any atom is 0.231 e. The van der Waals surface area contributed by atoms with Crippen LogP contribution in [0.1, 0.15) is 23.8 Å². The fraction of sp³-hybridized carbons (Fsp3) is 0.556. The van der Waals surface area contributed by atoms with E-state index in [1.165, 1.54) is 0 Å². The van der Waals surface area contributed by atoms with Gasteiger partial charge in [-0.2, -0.15) is 0 Å². The molecule has 1 saturated heterocycles. The van der Waals surface area contributed by atoms with Gasteiger partial charge in [0.05, 0.1) is 18.6 Å². The SMILES string of the molecule is CO[C@@H]1C=C[C@@]23c4cc5c(cc4[C@H](O)[N@@+](C)(C[C@@H]2O)[C@H]3C1)OCO5. The number of quaternary nitrogens is 1. The lowest BCUT2D eigenvalue weighted by Gasteiger charge is -2.51. The van der Waals surface area contributed by atoms with Gasteiger partial charge in [-0.05, 0) is 17.7 Å². The highest BCUT2D eigenvalue weighted by atomic mass is 16.7. The zero-order valence-electron chi connectivity index (χ0n) is 13.8. The standard InChI is InChI=1S/C18H22NO5/c1-19-8-16(20)18(4-3-10(22-2)5-15(18)19)12-7-14-13(23-9-24-14)6-11(12)17(19)21/h3-4,6-7,10,15-17,20-21H,5,8-9H2,1-2H3/q+1/t10-,15+,16+,17+,18+,19+/m1/s1. The van der Waals surface area contributed by atoms with Gasteiger partial charge in [-0.3, -0.25) is 4.48 Å². The summed E-state index contributed by atoms with van der Waals surface area (Å²) in [6.07, 6.45) is 3.66. The van der Waals surface area contributed by atoms with E-state index in [1.807, 2.05) is 25.3 Å². The molecule has 0 radical (unpaired) electrons. The minimum atomic E-state index is -0.700. The Morgan fingerprint density at radius 3 is 2.75 bits per heavy atom. The van der Waals surface area contributed by atoms with Crippen molar-refractivity contribution in [2.45, 2.75) is 36.3 Å². The molecule has 1 aromatic rings. The van der Waals surface area contributed by atoms with Crippen molar-refractivity contribution in [3.63, 3.8) is 0 Å². The van der Waals surface area contributed by atoms with E-state index in [0.717, 1.165) is 17.5 Å². The number of aliphatic hydroxyl groups is 2. The number of methoxy groups -OCH3 is 1. The Kier molecular flexibility index (Phi) is 2.77. The lowest BCUT2D eigenvalue weighted by atomic mass is 9.64. The van der Waals surface area contributed by atoms with Gasteiger partial charge in [0.25, 0.3) is 0 Å². The van der Waals surface area contributed by atoms with E-state index in [-0.39, 0.29) is 18.9 Å². The Balaban J connectivity index is 1.79. The molecule has 24 heavy (non-hydrogen) atoms. The first kappa shape index (κ1) is 14.7. The Morgan fingerprint density at radius 2 is 2.00 bits per heavy atom. The van der Waals surface area contributed by atoms with Crippen LogP contribution in [0.5, 0.6) is 11.5 Å². The van der Waals surface area contributed by atoms with Crippen LogP contribution in [0.4, 0.5) is 0 Å². The monoisotopic (exact) mass is 332 g/mol. The van der Waals surface area contributed by atoms with Crippen LogP contribution in [-0.4, -0.2) is 60.4 Å². The number of fused-ring (bicyclic) bond motifs is 2. The largest absolute Gasteiger partial charge is 0.454 e. The number of ether oxygens (including phenoxy) is 3. The maximum atomic E-state index is 11.2. The summed E-state index contributed by atoms with van der Waals surface area (Å²) in [6.45, 7) is 0.703. The van der Waals surface area contributed by atoms with Crippen molar-refractivity contribution in [2.75, 3.05) is 27.5 Å². The van der Waals surface area contributed by atoms with Crippen molar-refractivity contribution in [3.05, 3.63) is 35.4 Å². The van der Waals surface area contributed by atoms with Crippen molar-refractivity contribution in [3.8, 4) is 11.5 Å². The first-order valence-corrected chi connectivity index (χ1v) is 8.38. The predicted octanol–water partition coefficient (Wildman–Crippen LogP) is 0.822. The molecule has 0 spiro atoms. The van der Waals surface area contributed by atoms with E-state index in [4.69, 9.17) is 14.2 Å². The van der Waals surface area contributed by atoms with Gasteiger partial charge < -0.3 is 24.4 Å². The molecule has 2 bridgehead atoms. The van der Waals surface area contributed by atoms with Crippen molar-refractivity contribution < 1.29 is 28.9 Å². The summed E-state index contributed by atoms with van der Waals surface area (Å²) in [4.78, 5) is 0. The first-order valence-electron chi connectivity index (χ1n) is 8.38. The van der Waals surface area contributed by atoms with Crippen LogP contribution in [0.3, 0.4) is 0 Å². The van der Waals surface area contributed by atoms with Crippen LogP contribution in [-0.2, 0) is 10.2 Å². The summed E-state index contributed by atoms with van der Waals surface area (Å²) >= 11 is 0. The van der Waals surface area contributed by atoms with Crippen molar-refractivity contribution >= 4 is 0 Å². The first-order chi connectivity index (χ1) is 11.5. The molecule has 4 aliphatic rings. The van der Waals surface area contributed by atoms with E-state index in [9.17, 15) is 10.2 Å². The number of hydrogen-bond donors (Lipinski definition) is 2. The molecule has 1 aromatic carbocycles. The third-order valence-corrected chi connectivity index (χ3v) is 6.57. The molecule has 5 rings (SSSR count). The van der Waals surface area contributed by atoms with Gasteiger partial charge in [-0.25, -0.2) is 0 Å². The molecule has 0 unspecified atom stereocenters. The van der Waals surface area contributed by atoms with Crippen molar-refractivity contribution in [1.29, 1.82) is 0 Å². The average Bonchev–Trinajstić information content (AvgIpc) is 3.12. The molecule has 3 aliphatic heterocycles. The molecular formula is C18H22NO5+. The van der Waals surface area contributed by atoms with Gasteiger partial charge in [0.2, 0.25) is 13.0 Å². The number of benzene rings is 1. The normalized spacial score (nSPS) is 44.3. The number of likely N-dealkylation sites (N-methyl/N-ethyl adjacent to an activating group) is 1. The molecule has 6 heteroatoms. The summed E-state index contributed by atoms with van der Waals surface area (Å²) < 4.78 is 17.0. The van der Waals surface area contributed by atoms with Crippen LogP contribution in [0.2, 0.25) is 0 Å². The lowest BCUT2D eigenvalue weighted by molar-refractivity contribution is -0.976. The van der Waals surface area contributed by atoms with Crippen LogP contribution in [0, 0.1) is 0 Å². The Labute approximate surface area is 140 Å². The highest BCUT2D eigenvalue weighted by molar-refractivity contribution is 5.56. The second kappa shape index (κ2) is 4.52. The summed E-state index contributed by atoms with van der Waals surface area (Å²) in [7, 11) is 3.73. The topological polar surface area (TPSA) is 68.2 Å². The van der Waals surface area contributed by atoms with Crippen LogP contribution >= 0.6 is 0 Å². The third kappa shape index (κ3) is 1.51. The highest BCUT2D eigenvalue weighted by Crippen LogP contribution is 2.59. The Morgan fingerprint density at radius 1 is 1.25 bits per heavy atom. The van der Waals surface area contributed by atoms with Gasteiger partial charge in [0.1, 0.15) is 18.7 Å². The zero-order chi connectivity index (χ0) is 16.7. The third-order valence-electron chi connectivity index (χ3n) is 6.57. The minimum Gasteiger partial charge on any atom is -0.454 e. The number of hydrogen-bond acceptors (Lipinski definition) is 5. The number of nitrogens with zero attached hydrogens (tertiary/aromatic N) is 1. The molecule has 3 heterocycles. The van der Waals surface area contributed by atoms with E-state index >= 15 is 0 Å². The van der Waals surface area contributed by atoms with Gasteiger partial charge in [0.15, 0.2) is 11.5 Å². The molecule has 0 amide bonds. The molecule has 6 nitrogen and oxygen atoms in total. The summed E-state index contributed by atoms with van der Waals surface area (Å²) in [5, 5.41) is 22.2. The van der Waals surface area contributed by atoms with Gasteiger partial charge in [-0.15, -0.1) is 0 Å². The zero-order valence-corrected chi connectivity index (χ0v) is 13.8. The maximum absolute atomic E-state index is 11.2. The lowest BCUT2D eigenvalue weighted by Crippen LogP contribution is -2.61. The highest BCUT2D eigenvalue weighted by Gasteiger charge is 2.69. The number of rotatable bonds is 1. The van der Waals surface area contributed by atoms with Crippen LogP contribution in [0.25, 0.3) is 0 Å². The van der Waals surface area contributed by atoms with Gasteiger partial charge in [-0.1, -0.05) is 12.2 Å². The van der Waals surface area contributed by atoms with E-state index in [0.29, 0.717) is 22.5 Å². The Bertz CT molecular complexity index is 749. The van der Waals surface area contributed by atoms with Crippen molar-refractivity contribution in [2.24, 2.45) is 0 Å². The van der Waals surface area contributed by atoms with Crippen molar-refractivity contribution in [1.82, 2.24) is 0 Å². The second-order valence-electron chi connectivity index (χ2n) is 7.53. The molecule has 6 atom stereocenters. The molecule has 1 fully saturated rings. The molecule has 0 saturated carbocycles. The predicted molar refractivity (Wildman–Crippen MR) is 84.6 cm³/mol. The summed E-state index contributed by atoms with van der Waals surface area (Å²) in [5.74, 6) is 1.35. The second-order valence-corrected chi connectivity index (χ2v) is 7.53. The van der Waals surface area contributed by atoms with Gasteiger partial charge in [0, 0.05) is 19.1 Å². The van der Waals surface area contributed by atoms with E-state index in [1.54, 1.807) is 7.11 Å². The summed E-state index contributed by atoms with van der Waals surface area (Å²) in [5.41, 5.74) is 1.27. The fourth-order valence-corrected chi connectivity index (χ4v) is 5.34. The molecule has 2 N–H and O–H groups in total. The Hall–Kier alpha value is -1.60. The quantitative estimate of drug-likeness (QED) is 0.589. The average molecular weight is 332 g/mol. The van der Waals surface area contributed by atoms with Gasteiger partial charge >= 0.3 is 0 Å². The summed E-state index contributed by atoms with van der Waals surface area (Å²) in [6, 6.07) is 3.89. The van der Waals surface area contributed by atoms with E-state index in [2.05, 4.69) is 6.08 Å². The molecule has 0 aromatic heterocycles. The minimum absolute atomic E-state index is 0.00800. The number of aliphatic hydroxyl groups excluding tert-OH is 2. The van der Waals surface area contributed by atoms with E-state index < -0.39 is 17.7 Å². The van der Waals surface area contributed by atoms with Crippen LogP contribution in [0.15, 0.2) is 24.3 Å². The van der Waals surface area contributed by atoms with Crippen LogP contribution < -0.4 is 9.47 Å². The molecule has 1 aliphatic carbocycles. The fourth-order valence-electron chi connectivity index (χ4n) is 5.34. The molecule has 128 valence electrons. The molecular weight excluding hydrogens is 310 g/mol. The smallest absolute Gasteiger partial charge is 0.231 e.